The van der Waals surface area contributed by atoms with Gasteiger partial charge in [-0.1, -0.05) is 0 Å². The van der Waals surface area contributed by atoms with E-state index in [0.29, 0.717) is 23.8 Å². The van der Waals surface area contributed by atoms with Crippen LogP contribution in [0.15, 0.2) is 18.2 Å². The van der Waals surface area contributed by atoms with E-state index in [1.54, 1.807) is 32.4 Å². The van der Waals surface area contributed by atoms with Crippen molar-refractivity contribution in [3.63, 3.8) is 0 Å². The van der Waals surface area contributed by atoms with Gasteiger partial charge in [-0.2, -0.15) is 0 Å². The van der Waals surface area contributed by atoms with Crippen LogP contribution in [0.5, 0.6) is 17.2 Å². The van der Waals surface area contributed by atoms with Crippen LogP contribution < -0.4 is 19.9 Å². The van der Waals surface area contributed by atoms with Gasteiger partial charge in [0.2, 0.25) is 0 Å². The van der Waals surface area contributed by atoms with Gasteiger partial charge in [-0.05, 0) is 13.8 Å². The van der Waals surface area contributed by atoms with Crippen LogP contribution in [0.25, 0.3) is 0 Å². The molecule has 1 rings (SSSR count). The van der Waals surface area contributed by atoms with E-state index in [1.165, 1.54) is 0 Å². The molecule has 0 bridgehead atoms. The second-order valence-electron chi connectivity index (χ2n) is 4.11. The predicted octanol–water partition coefficient (Wildman–Crippen LogP) is 1.82. The van der Waals surface area contributed by atoms with Crippen LogP contribution in [0.2, 0.25) is 0 Å². The van der Waals surface area contributed by atoms with Gasteiger partial charge < -0.3 is 19.9 Å². The number of nitrogens with two attached hydrogens (primary N) is 1. The molecule has 1 aromatic carbocycles. The molecule has 16 heavy (non-hydrogen) atoms. The zero-order chi connectivity index (χ0) is 12.2. The van der Waals surface area contributed by atoms with E-state index in [0.717, 1.165) is 0 Å². The first-order valence-electron chi connectivity index (χ1n) is 5.13. The fourth-order valence-electron chi connectivity index (χ4n) is 1.20. The molecule has 0 aliphatic carbocycles. The van der Waals surface area contributed by atoms with Crippen molar-refractivity contribution in [3.8, 4) is 17.2 Å². The van der Waals surface area contributed by atoms with E-state index in [2.05, 4.69) is 0 Å². The lowest BCUT2D eigenvalue weighted by Gasteiger charge is -2.25. The van der Waals surface area contributed by atoms with Crippen molar-refractivity contribution in [1.29, 1.82) is 0 Å². The van der Waals surface area contributed by atoms with Gasteiger partial charge in [-0.15, -0.1) is 0 Å². The second kappa shape index (κ2) is 5.07. The Morgan fingerprint density at radius 2 is 1.44 bits per heavy atom. The van der Waals surface area contributed by atoms with Crippen molar-refractivity contribution in [2.45, 2.75) is 19.4 Å². The van der Waals surface area contributed by atoms with Crippen LogP contribution in [0.3, 0.4) is 0 Å². The topological polar surface area (TPSA) is 53.7 Å². The van der Waals surface area contributed by atoms with Crippen molar-refractivity contribution in [2.75, 3.05) is 20.8 Å². The van der Waals surface area contributed by atoms with Crippen LogP contribution >= 0.6 is 0 Å². The summed E-state index contributed by atoms with van der Waals surface area (Å²) in [6.45, 7) is 4.30. The summed E-state index contributed by atoms with van der Waals surface area (Å²) in [5.74, 6) is 2.08. The molecule has 0 aromatic heterocycles. The molecule has 0 fully saturated rings. The number of benzene rings is 1. The van der Waals surface area contributed by atoms with Gasteiger partial charge in [-0.3, -0.25) is 0 Å². The number of hydrogen-bond donors (Lipinski definition) is 1. The molecule has 4 nitrogen and oxygen atoms in total. The molecule has 0 radical (unpaired) electrons. The molecule has 0 aliphatic rings. The first-order chi connectivity index (χ1) is 7.50. The maximum absolute atomic E-state index is 5.75. The van der Waals surface area contributed by atoms with Crippen molar-refractivity contribution >= 4 is 0 Å². The highest BCUT2D eigenvalue weighted by molar-refractivity contribution is 5.42. The summed E-state index contributed by atoms with van der Waals surface area (Å²) in [4.78, 5) is 0. The molecule has 0 unspecified atom stereocenters. The van der Waals surface area contributed by atoms with E-state index in [1.807, 2.05) is 13.8 Å². The summed E-state index contributed by atoms with van der Waals surface area (Å²) in [6.07, 6.45) is 0. The lowest BCUT2D eigenvalue weighted by Crippen LogP contribution is -2.37. The smallest absolute Gasteiger partial charge is 0.127 e. The van der Waals surface area contributed by atoms with Crippen LogP contribution in [0.1, 0.15) is 13.8 Å². The molecule has 0 amide bonds. The first kappa shape index (κ1) is 12.6. The monoisotopic (exact) mass is 225 g/mol. The summed E-state index contributed by atoms with van der Waals surface area (Å²) in [5, 5.41) is 0. The largest absolute Gasteiger partial charge is 0.496 e. The highest BCUT2D eigenvalue weighted by Crippen LogP contribution is 2.29. The molecule has 2 N–H and O–H groups in total. The number of rotatable bonds is 5. The van der Waals surface area contributed by atoms with Gasteiger partial charge in [0.05, 0.1) is 14.2 Å². The van der Waals surface area contributed by atoms with Crippen LogP contribution in [-0.4, -0.2) is 26.4 Å². The Hall–Kier alpha value is -1.42. The molecule has 0 saturated carbocycles. The molecule has 4 heteroatoms. The average molecular weight is 225 g/mol. The minimum atomic E-state index is -0.405. The second-order valence-corrected chi connectivity index (χ2v) is 4.11. The Kier molecular flexibility index (Phi) is 4.01. The maximum atomic E-state index is 5.75. The molecule has 1 aromatic rings. The number of methoxy groups -OCH3 is 2. The minimum Gasteiger partial charge on any atom is -0.496 e. The van der Waals surface area contributed by atoms with Gasteiger partial charge in [0.25, 0.3) is 0 Å². The first-order valence-corrected chi connectivity index (χ1v) is 5.13. The third kappa shape index (κ3) is 3.31. The highest BCUT2D eigenvalue weighted by atomic mass is 16.5. The Morgan fingerprint density at radius 3 is 1.81 bits per heavy atom. The molecule has 0 spiro atoms. The third-order valence-electron chi connectivity index (χ3n) is 2.21. The quantitative estimate of drug-likeness (QED) is 0.830. The summed E-state index contributed by atoms with van der Waals surface area (Å²) < 4.78 is 16.1. The van der Waals surface area contributed by atoms with E-state index >= 15 is 0 Å². The molecule has 0 heterocycles. The maximum Gasteiger partial charge on any atom is 0.127 e. The number of ether oxygens (including phenoxy) is 3. The highest BCUT2D eigenvalue weighted by Gasteiger charge is 2.18. The van der Waals surface area contributed by atoms with Gasteiger partial charge in [-0.25, -0.2) is 0 Å². The van der Waals surface area contributed by atoms with Crippen LogP contribution in [0, 0.1) is 0 Å². The molecule has 0 saturated heterocycles. The van der Waals surface area contributed by atoms with Gasteiger partial charge in [0.15, 0.2) is 0 Å². The lowest BCUT2D eigenvalue weighted by atomic mass is 10.1. The van der Waals surface area contributed by atoms with Crippen LogP contribution in [0.4, 0.5) is 0 Å². The van der Waals surface area contributed by atoms with Gasteiger partial charge in [0.1, 0.15) is 22.8 Å². The summed E-state index contributed by atoms with van der Waals surface area (Å²) >= 11 is 0. The third-order valence-corrected chi connectivity index (χ3v) is 2.21. The fourth-order valence-corrected chi connectivity index (χ4v) is 1.20. The predicted molar refractivity (Wildman–Crippen MR) is 63.3 cm³/mol. The normalized spacial score (nSPS) is 11.1. The van der Waals surface area contributed by atoms with E-state index in [-0.39, 0.29) is 0 Å². The van der Waals surface area contributed by atoms with Crippen LogP contribution in [-0.2, 0) is 0 Å². The molecular weight excluding hydrogens is 206 g/mol. The summed E-state index contributed by atoms with van der Waals surface area (Å²) in [5.41, 5.74) is 5.20. The van der Waals surface area contributed by atoms with Gasteiger partial charge >= 0.3 is 0 Å². The summed E-state index contributed by atoms with van der Waals surface area (Å²) in [7, 11) is 3.21. The average Bonchev–Trinajstić information content (AvgIpc) is 2.28. The van der Waals surface area contributed by atoms with E-state index in [4.69, 9.17) is 19.9 Å². The SMILES string of the molecule is COc1cc(OC)cc(OC(C)(C)CN)c1. The van der Waals surface area contributed by atoms with Crippen molar-refractivity contribution in [3.05, 3.63) is 18.2 Å². The molecule has 0 aliphatic heterocycles. The fraction of sp³-hybridized carbons (Fsp3) is 0.500. The molecular formula is C12H19NO3. The standard InChI is InChI=1S/C12H19NO3/c1-12(2,8-13)16-11-6-9(14-3)5-10(7-11)15-4/h5-7H,8,13H2,1-4H3. The van der Waals surface area contributed by atoms with Crippen molar-refractivity contribution in [2.24, 2.45) is 5.73 Å². The van der Waals surface area contributed by atoms with Crippen molar-refractivity contribution in [1.82, 2.24) is 0 Å². The Morgan fingerprint density at radius 1 is 1.00 bits per heavy atom. The zero-order valence-electron chi connectivity index (χ0n) is 10.2. The Balaban J connectivity index is 2.95. The van der Waals surface area contributed by atoms with E-state index in [9.17, 15) is 0 Å². The minimum absolute atomic E-state index is 0.405. The zero-order valence-corrected chi connectivity index (χ0v) is 10.2. The van der Waals surface area contributed by atoms with Crippen molar-refractivity contribution < 1.29 is 14.2 Å². The molecule has 90 valence electrons. The number of hydrogen-bond acceptors (Lipinski definition) is 4. The summed E-state index contributed by atoms with van der Waals surface area (Å²) in [6, 6.07) is 5.40. The molecule has 0 atom stereocenters. The van der Waals surface area contributed by atoms with Gasteiger partial charge in [0, 0.05) is 24.7 Å². The Labute approximate surface area is 96.3 Å². The lowest BCUT2D eigenvalue weighted by molar-refractivity contribution is 0.118. The van der Waals surface area contributed by atoms with E-state index < -0.39 is 5.60 Å². The Bertz CT molecular complexity index is 328.